The summed E-state index contributed by atoms with van der Waals surface area (Å²) in [5.41, 5.74) is 3.46. The maximum absolute atomic E-state index is 13.5. The molecule has 1 aromatic heterocycles. The lowest BCUT2D eigenvalue weighted by Crippen LogP contribution is -2.44. The van der Waals surface area contributed by atoms with Gasteiger partial charge in [0.15, 0.2) is 0 Å². The van der Waals surface area contributed by atoms with Gasteiger partial charge in [0.1, 0.15) is 12.7 Å². The van der Waals surface area contributed by atoms with Crippen LogP contribution in [0.3, 0.4) is 0 Å². The normalized spacial score (nSPS) is 16.5. The number of carbonyl (C=O) groups is 2. The van der Waals surface area contributed by atoms with E-state index in [0.29, 0.717) is 5.56 Å². The van der Waals surface area contributed by atoms with E-state index in [1.807, 2.05) is 44.2 Å². The zero-order valence-electron chi connectivity index (χ0n) is 18.6. The molecule has 31 heavy (non-hydrogen) atoms. The Morgan fingerprint density at radius 2 is 1.81 bits per heavy atom. The van der Waals surface area contributed by atoms with Gasteiger partial charge in [-0.25, -0.2) is 4.98 Å². The third-order valence-corrected chi connectivity index (χ3v) is 6.62. The van der Waals surface area contributed by atoms with Crippen LogP contribution < -0.4 is 20.1 Å². The van der Waals surface area contributed by atoms with Crippen molar-refractivity contribution in [3.63, 3.8) is 0 Å². The molecular formula is C25H33N4O2+. The predicted octanol–water partition coefficient (Wildman–Crippen LogP) is 3.42. The Labute approximate surface area is 184 Å². The number of aromatic nitrogens is 1. The Morgan fingerprint density at radius 3 is 2.48 bits per heavy atom. The van der Waals surface area contributed by atoms with E-state index in [-0.39, 0.29) is 24.4 Å². The minimum atomic E-state index is -0.167. The Bertz CT molecular complexity index is 929. The number of nitrogens with one attached hydrogen (secondary N) is 2. The van der Waals surface area contributed by atoms with Gasteiger partial charge in [0.05, 0.1) is 18.7 Å². The van der Waals surface area contributed by atoms with Crippen molar-refractivity contribution in [2.24, 2.45) is 0 Å². The molecule has 2 aliphatic rings. The van der Waals surface area contributed by atoms with Crippen LogP contribution in [0, 0.1) is 13.8 Å². The summed E-state index contributed by atoms with van der Waals surface area (Å²) >= 11 is 0. The van der Waals surface area contributed by atoms with Crippen LogP contribution in [0.5, 0.6) is 0 Å². The lowest BCUT2D eigenvalue weighted by atomic mass is 10.1. The lowest BCUT2D eigenvalue weighted by molar-refractivity contribution is -0.364. The maximum Gasteiger partial charge on any atom is 0.274 e. The fraction of sp³-hybridized carbons (Fsp3) is 0.480. The van der Waals surface area contributed by atoms with Crippen LogP contribution in [0.25, 0.3) is 0 Å². The average Bonchev–Trinajstić information content (AvgIpc) is 3.48. The standard InChI is InChI=1S/C25H32N4O2/c1-18-8-7-11-22(19(18)2)29(17-24(30)27-21-9-3-4-10-21)25(31)20-12-13-23(26-16-20)28-14-5-6-15-28/h7-8,11-13,16,21H,3-6,9-10,14-15,17H2,1-2H3,(H,27,30)/p+1. The van der Waals surface area contributed by atoms with Gasteiger partial charge in [-0.05, 0) is 62.8 Å². The van der Waals surface area contributed by atoms with Gasteiger partial charge in [-0.1, -0.05) is 25.0 Å². The molecule has 1 saturated carbocycles. The van der Waals surface area contributed by atoms with Crippen LogP contribution in [0.1, 0.15) is 60.0 Å². The number of hydrogen-bond acceptors (Lipinski definition) is 3. The van der Waals surface area contributed by atoms with Crippen LogP contribution in [0.4, 0.5) is 11.5 Å². The highest BCUT2D eigenvalue weighted by Crippen LogP contribution is 2.25. The van der Waals surface area contributed by atoms with Crippen LogP contribution in [0.15, 0.2) is 36.5 Å². The second kappa shape index (κ2) is 9.50. The molecule has 2 heterocycles. The molecule has 0 atom stereocenters. The lowest BCUT2D eigenvalue weighted by Gasteiger charge is -2.25. The van der Waals surface area contributed by atoms with E-state index < -0.39 is 0 Å². The smallest absolute Gasteiger partial charge is 0.274 e. The van der Waals surface area contributed by atoms with Gasteiger partial charge < -0.3 is 5.32 Å². The molecule has 1 aromatic carbocycles. The number of pyridine rings is 1. The van der Waals surface area contributed by atoms with E-state index in [4.69, 9.17) is 0 Å². The fourth-order valence-corrected chi connectivity index (χ4v) is 4.64. The molecule has 0 spiro atoms. The van der Waals surface area contributed by atoms with Gasteiger partial charge >= 0.3 is 0 Å². The van der Waals surface area contributed by atoms with Gasteiger partial charge in [0, 0.05) is 17.8 Å². The number of aromatic amines is 1. The van der Waals surface area contributed by atoms with Crippen molar-refractivity contribution in [1.82, 2.24) is 5.32 Å². The molecule has 1 aliphatic carbocycles. The number of aryl methyl sites for hydroxylation is 1. The van der Waals surface area contributed by atoms with Gasteiger partial charge in [-0.3, -0.25) is 19.4 Å². The zero-order valence-corrected chi connectivity index (χ0v) is 18.6. The van der Waals surface area contributed by atoms with E-state index in [1.54, 1.807) is 11.1 Å². The summed E-state index contributed by atoms with van der Waals surface area (Å²) in [5, 5.41) is 3.12. The van der Waals surface area contributed by atoms with E-state index >= 15 is 0 Å². The van der Waals surface area contributed by atoms with Crippen molar-refractivity contribution in [2.45, 2.75) is 58.4 Å². The first kappa shape index (κ1) is 21.3. The molecule has 1 saturated heterocycles. The number of carbonyl (C=O) groups excluding carboxylic acids is 2. The largest absolute Gasteiger partial charge is 0.352 e. The molecular weight excluding hydrogens is 388 g/mol. The quantitative estimate of drug-likeness (QED) is 0.777. The van der Waals surface area contributed by atoms with Crippen LogP contribution in [-0.2, 0) is 4.79 Å². The van der Waals surface area contributed by atoms with Gasteiger partial charge in [-0.2, -0.15) is 0 Å². The van der Waals surface area contributed by atoms with Crippen LogP contribution in [0.2, 0.25) is 0 Å². The van der Waals surface area contributed by atoms with Crippen molar-refractivity contribution < 1.29 is 14.6 Å². The number of nitrogens with zero attached hydrogens (tertiary/aromatic N) is 2. The second-order valence-corrected chi connectivity index (χ2v) is 8.82. The highest BCUT2D eigenvalue weighted by molar-refractivity contribution is 6.09. The zero-order chi connectivity index (χ0) is 21.8. The van der Waals surface area contributed by atoms with Crippen molar-refractivity contribution in [1.29, 1.82) is 0 Å². The SMILES string of the molecule is Cc1cccc(N(CC(=O)NC2CCCC2)C(=O)c2ccc(N3CCCC3)[nH+]c2)c1C. The molecule has 1 aliphatic heterocycles. The molecule has 2 aromatic rings. The average molecular weight is 422 g/mol. The second-order valence-electron chi connectivity index (χ2n) is 8.82. The molecule has 2 N–H and O–H groups in total. The number of amides is 2. The van der Waals surface area contributed by atoms with Crippen LogP contribution in [-0.4, -0.2) is 37.5 Å². The minimum Gasteiger partial charge on any atom is -0.352 e. The first-order chi connectivity index (χ1) is 15.0. The summed E-state index contributed by atoms with van der Waals surface area (Å²) in [6.45, 7) is 6.13. The van der Waals surface area contributed by atoms with E-state index in [1.165, 1.54) is 12.8 Å². The van der Waals surface area contributed by atoms with Gasteiger partial charge in [0.2, 0.25) is 5.91 Å². The Balaban J connectivity index is 1.57. The van der Waals surface area contributed by atoms with Crippen LogP contribution >= 0.6 is 0 Å². The molecule has 0 bridgehead atoms. The topological polar surface area (TPSA) is 66.8 Å². The molecule has 2 fully saturated rings. The van der Waals surface area contributed by atoms with E-state index in [2.05, 4.69) is 15.2 Å². The predicted molar refractivity (Wildman–Crippen MR) is 122 cm³/mol. The molecule has 6 heteroatoms. The highest BCUT2D eigenvalue weighted by atomic mass is 16.2. The summed E-state index contributed by atoms with van der Waals surface area (Å²) in [4.78, 5) is 33.5. The molecule has 0 radical (unpaired) electrons. The van der Waals surface area contributed by atoms with E-state index in [9.17, 15) is 9.59 Å². The van der Waals surface area contributed by atoms with Crippen molar-refractivity contribution in [3.8, 4) is 0 Å². The maximum atomic E-state index is 13.5. The van der Waals surface area contributed by atoms with Gasteiger partial charge in [0.25, 0.3) is 11.7 Å². The number of H-pyrrole nitrogens is 1. The fourth-order valence-electron chi connectivity index (χ4n) is 4.64. The summed E-state index contributed by atoms with van der Waals surface area (Å²) in [6, 6.07) is 9.95. The first-order valence-electron chi connectivity index (χ1n) is 11.5. The summed E-state index contributed by atoms with van der Waals surface area (Å²) in [5.74, 6) is 0.768. The summed E-state index contributed by atoms with van der Waals surface area (Å²) in [7, 11) is 0. The number of anilines is 2. The number of hydrogen-bond donors (Lipinski definition) is 1. The summed E-state index contributed by atoms with van der Waals surface area (Å²) < 4.78 is 0. The molecule has 2 amide bonds. The van der Waals surface area contributed by atoms with Crippen molar-refractivity contribution >= 4 is 23.3 Å². The minimum absolute atomic E-state index is 0.0213. The third kappa shape index (κ3) is 4.89. The van der Waals surface area contributed by atoms with Crippen molar-refractivity contribution in [2.75, 3.05) is 29.4 Å². The third-order valence-electron chi connectivity index (χ3n) is 6.62. The molecule has 4 rings (SSSR count). The Kier molecular flexibility index (Phi) is 6.54. The first-order valence-corrected chi connectivity index (χ1v) is 11.5. The number of benzene rings is 1. The monoisotopic (exact) mass is 421 g/mol. The van der Waals surface area contributed by atoms with Gasteiger partial charge in [-0.15, -0.1) is 0 Å². The Morgan fingerprint density at radius 1 is 1.06 bits per heavy atom. The summed E-state index contributed by atoms with van der Waals surface area (Å²) in [6.07, 6.45) is 8.53. The van der Waals surface area contributed by atoms with E-state index in [0.717, 1.165) is 61.4 Å². The van der Waals surface area contributed by atoms with Crippen molar-refractivity contribution in [3.05, 3.63) is 53.2 Å². The Hall–Kier alpha value is -2.89. The number of rotatable bonds is 6. The molecule has 0 unspecified atom stereocenters. The highest BCUT2D eigenvalue weighted by Gasteiger charge is 2.26. The molecule has 6 nitrogen and oxygen atoms in total. The molecule has 164 valence electrons.